The first-order valence-corrected chi connectivity index (χ1v) is 5.29. The topological polar surface area (TPSA) is 80.0 Å². The summed E-state index contributed by atoms with van der Waals surface area (Å²) in [4.78, 5) is 15.3. The monoisotopic (exact) mass is 222 g/mol. The molecule has 1 rings (SSSR count). The molecule has 0 aromatic carbocycles. The number of nitrogens with two attached hydrogens (primary N) is 1. The third-order valence-corrected chi connectivity index (χ3v) is 2.00. The standard InChI is InChI=1S/C11H18N4O/c1-8(2)5-15-11(16)7-14-10-3-4-13-6-9(10)12/h3-4,6,8H,5,7,12H2,1-2H3,(H,13,14)(H,15,16). The van der Waals surface area contributed by atoms with E-state index in [0.717, 1.165) is 5.69 Å². The van der Waals surface area contributed by atoms with Crippen LogP contribution in [0.15, 0.2) is 18.5 Å². The second kappa shape index (κ2) is 5.95. The molecular weight excluding hydrogens is 204 g/mol. The number of aromatic nitrogens is 1. The molecule has 0 fully saturated rings. The Kier molecular flexibility index (Phi) is 4.57. The molecule has 0 radical (unpaired) electrons. The van der Waals surface area contributed by atoms with Crippen molar-refractivity contribution in [2.45, 2.75) is 13.8 Å². The molecule has 1 aromatic rings. The van der Waals surface area contributed by atoms with E-state index >= 15 is 0 Å². The Morgan fingerprint density at radius 1 is 1.56 bits per heavy atom. The van der Waals surface area contributed by atoms with Crippen LogP contribution in [0.3, 0.4) is 0 Å². The normalized spacial score (nSPS) is 10.2. The second-order valence-corrected chi connectivity index (χ2v) is 4.01. The highest BCUT2D eigenvalue weighted by Gasteiger charge is 2.03. The molecule has 1 heterocycles. The van der Waals surface area contributed by atoms with Crippen molar-refractivity contribution in [3.63, 3.8) is 0 Å². The lowest BCUT2D eigenvalue weighted by Gasteiger charge is -2.10. The van der Waals surface area contributed by atoms with Gasteiger partial charge < -0.3 is 16.4 Å². The van der Waals surface area contributed by atoms with Gasteiger partial charge in [-0.25, -0.2) is 0 Å². The lowest BCUT2D eigenvalue weighted by Crippen LogP contribution is -2.32. The van der Waals surface area contributed by atoms with Crippen LogP contribution in [-0.2, 0) is 4.79 Å². The Bertz CT molecular complexity index is 352. The summed E-state index contributed by atoms with van der Waals surface area (Å²) in [5, 5.41) is 5.77. The van der Waals surface area contributed by atoms with E-state index in [1.54, 1.807) is 18.5 Å². The summed E-state index contributed by atoms with van der Waals surface area (Å²) in [6.45, 7) is 5.01. The molecule has 5 heteroatoms. The molecule has 4 N–H and O–H groups in total. The Balaban J connectivity index is 2.35. The first-order chi connectivity index (χ1) is 7.59. The van der Waals surface area contributed by atoms with Crippen LogP contribution >= 0.6 is 0 Å². The van der Waals surface area contributed by atoms with Gasteiger partial charge in [-0.1, -0.05) is 13.8 Å². The summed E-state index contributed by atoms with van der Waals surface area (Å²) < 4.78 is 0. The predicted molar refractivity (Wildman–Crippen MR) is 65.0 cm³/mol. The van der Waals surface area contributed by atoms with Crippen LogP contribution < -0.4 is 16.4 Å². The van der Waals surface area contributed by atoms with Crippen molar-refractivity contribution in [1.82, 2.24) is 10.3 Å². The summed E-state index contributed by atoms with van der Waals surface area (Å²) in [5.74, 6) is 0.417. The SMILES string of the molecule is CC(C)CNC(=O)CNc1ccncc1N. The maximum Gasteiger partial charge on any atom is 0.239 e. The molecule has 0 aliphatic heterocycles. The summed E-state index contributed by atoms with van der Waals surface area (Å²) >= 11 is 0. The van der Waals surface area contributed by atoms with Gasteiger partial charge in [0.15, 0.2) is 0 Å². The van der Waals surface area contributed by atoms with Crippen molar-refractivity contribution >= 4 is 17.3 Å². The quantitative estimate of drug-likeness (QED) is 0.690. The number of nitrogens with one attached hydrogen (secondary N) is 2. The molecule has 0 unspecified atom stereocenters. The van der Waals surface area contributed by atoms with Gasteiger partial charge >= 0.3 is 0 Å². The number of carbonyl (C=O) groups excluding carboxylic acids is 1. The van der Waals surface area contributed by atoms with Crippen LogP contribution in [0.4, 0.5) is 11.4 Å². The number of hydrogen-bond donors (Lipinski definition) is 3. The van der Waals surface area contributed by atoms with Gasteiger partial charge in [0, 0.05) is 12.7 Å². The molecule has 5 nitrogen and oxygen atoms in total. The first kappa shape index (κ1) is 12.3. The molecule has 0 saturated heterocycles. The molecule has 1 aromatic heterocycles. The Hall–Kier alpha value is -1.78. The minimum absolute atomic E-state index is 0.0371. The molecule has 88 valence electrons. The molecule has 0 bridgehead atoms. The molecular formula is C11H18N4O. The Morgan fingerprint density at radius 2 is 2.31 bits per heavy atom. The summed E-state index contributed by atoms with van der Waals surface area (Å²) in [6.07, 6.45) is 3.18. The number of anilines is 2. The van der Waals surface area contributed by atoms with Crippen molar-refractivity contribution in [3.8, 4) is 0 Å². The fourth-order valence-electron chi connectivity index (χ4n) is 1.12. The largest absolute Gasteiger partial charge is 0.396 e. The molecule has 1 amide bonds. The van der Waals surface area contributed by atoms with Crippen LogP contribution in [-0.4, -0.2) is 24.0 Å². The number of amides is 1. The van der Waals surface area contributed by atoms with Gasteiger partial charge in [0.25, 0.3) is 0 Å². The average Bonchev–Trinajstić information content (AvgIpc) is 2.25. The third-order valence-electron chi connectivity index (χ3n) is 2.00. The zero-order valence-electron chi connectivity index (χ0n) is 9.66. The van der Waals surface area contributed by atoms with E-state index in [0.29, 0.717) is 18.2 Å². The van der Waals surface area contributed by atoms with Crippen molar-refractivity contribution < 1.29 is 4.79 Å². The fourth-order valence-corrected chi connectivity index (χ4v) is 1.12. The lowest BCUT2D eigenvalue weighted by molar-refractivity contribution is -0.119. The number of carbonyl (C=O) groups is 1. The van der Waals surface area contributed by atoms with E-state index in [-0.39, 0.29) is 12.5 Å². The number of pyridine rings is 1. The van der Waals surface area contributed by atoms with Crippen molar-refractivity contribution in [2.75, 3.05) is 24.1 Å². The van der Waals surface area contributed by atoms with Crippen molar-refractivity contribution in [2.24, 2.45) is 5.92 Å². The summed E-state index contributed by atoms with van der Waals surface area (Å²) in [6, 6.07) is 1.74. The fraction of sp³-hybridized carbons (Fsp3) is 0.455. The smallest absolute Gasteiger partial charge is 0.239 e. The van der Waals surface area contributed by atoms with Gasteiger partial charge in [-0.3, -0.25) is 9.78 Å². The van der Waals surface area contributed by atoms with Gasteiger partial charge in [0.2, 0.25) is 5.91 Å². The van der Waals surface area contributed by atoms with E-state index in [2.05, 4.69) is 29.5 Å². The number of nitrogens with zero attached hydrogens (tertiary/aromatic N) is 1. The highest BCUT2D eigenvalue weighted by atomic mass is 16.1. The molecule has 0 spiro atoms. The van der Waals surface area contributed by atoms with Crippen LogP contribution in [0.25, 0.3) is 0 Å². The molecule has 0 atom stereocenters. The molecule has 0 aliphatic carbocycles. The highest BCUT2D eigenvalue weighted by Crippen LogP contribution is 2.14. The minimum atomic E-state index is -0.0371. The van der Waals surface area contributed by atoms with Gasteiger partial charge in [0.05, 0.1) is 24.1 Å². The van der Waals surface area contributed by atoms with E-state index in [1.807, 2.05) is 0 Å². The van der Waals surface area contributed by atoms with E-state index in [4.69, 9.17) is 5.73 Å². The van der Waals surface area contributed by atoms with E-state index in [9.17, 15) is 4.79 Å². The molecule has 0 aliphatic rings. The maximum absolute atomic E-state index is 11.4. The first-order valence-electron chi connectivity index (χ1n) is 5.29. The molecule has 16 heavy (non-hydrogen) atoms. The average molecular weight is 222 g/mol. The highest BCUT2D eigenvalue weighted by molar-refractivity contribution is 5.81. The van der Waals surface area contributed by atoms with Gasteiger partial charge in [-0.2, -0.15) is 0 Å². The van der Waals surface area contributed by atoms with Gasteiger partial charge in [-0.05, 0) is 12.0 Å². The lowest BCUT2D eigenvalue weighted by atomic mass is 10.2. The van der Waals surface area contributed by atoms with Crippen molar-refractivity contribution in [3.05, 3.63) is 18.5 Å². The number of nitrogen functional groups attached to an aromatic ring is 1. The van der Waals surface area contributed by atoms with Crippen LogP contribution in [0.2, 0.25) is 0 Å². The maximum atomic E-state index is 11.4. The molecule has 0 saturated carbocycles. The predicted octanol–water partition coefficient (Wildman–Crippen LogP) is 0.848. The van der Waals surface area contributed by atoms with Crippen LogP contribution in [0.1, 0.15) is 13.8 Å². The van der Waals surface area contributed by atoms with E-state index in [1.165, 1.54) is 0 Å². The second-order valence-electron chi connectivity index (χ2n) is 4.01. The van der Waals surface area contributed by atoms with Crippen molar-refractivity contribution in [1.29, 1.82) is 0 Å². The Morgan fingerprint density at radius 3 is 2.94 bits per heavy atom. The van der Waals surface area contributed by atoms with Gasteiger partial charge in [-0.15, -0.1) is 0 Å². The van der Waals surface area contributed by atoms with Gasteiger partial charge in [0.1, 0.15) is 0 Å². The third kappa shape index (κ3) is 4.16. The minimum Gasteiger partial charge on any atom is -0.396 e. The number of rotatable bonds is 5. The number of hydrogen-bond acceptors (Lipinski definition) is 4. The zero-order chi connectivity index (χ0) is 12.0. The van der Waals surface area contributed by atoms with Crippen LogP contribution in [0, 0.1) is 5.92 Å². The zero-order valence-corrected chi connectivity index (χ0v) is 9.66. The van der Waals surface area contributed by atoms with Crippen LogP contribution in [0.5, 0.6) is 0 Å². The summed E-state index contributed by atoms with van der Waals surface area (Å²) in [7, 11) is 0. The van der Waals surface area contributed by atoms with E-state index < -0.39 is 0 Å². The Labute approximate surface area is 95.4 Å². The summed E-state index contributed by atoms with van der Waals surface area (Å²) in [5.41, 5.74) is 6.94.